The molecule has 0 fully saturated rings. The fraction of sp³-hybridized carbons (Fsp3) is 0.188. The van der Waals surface area contributed by atoms with Crippen molar-refractivity contribution in [3.05, 3.63) is 66.1 Å². The van der Waals surface area contributed by atoms with E-state index in [9.17, 15) is 0 Å². The van der Waals surface area contributed by atoms with Crippen molar-refractivity contribution in [1.29, 1.82) is 0 Å². The Hall–Kier alpha value is -1.56. The lowest BCUT2D eigenvalue weighted by Gasteiger charge is -2.06. The maximum absolute atomic E-state index is 2.22. The quantitative estimate of drug-likeness (QED) is 0.697. The van der Waals surface area contributed by atoms with Crippen molar-refractivity contribution in [2.24, 2.45) is 0 Å². The Balaban J connectivity index is 2.20. The van der Waals surface area contributed by atoms with Crippen molar-refractivity contribution in [2.45, 2.75) is 20.3 Å². The van der Waals surface area contributed by atoms with Gasteiger partial charge in [0.05, 0.1) is 0 Å². The molecule has 0 N–H and O–H groups in total. The summed E-state index contributed by atoms with van der Waals surface area (Å²) in [4.78, 5) is 0. The van der Waals surface area contributed by atoms with Gasteiger partial charge in [0.25, 0.3) is 0 Å². The molecule has 0 aliphatic carbocycles. The number of benzene rings is 2. The van der Waals surface area contributed by atoms with Gasteiger partial charge in [0.2, 0.25) is 0 Å². The molecule has 0 bridgehead atoms. The molecule has 2 aromatic rings. The molecule has 0 aromatic heterocycles. The van der Waals surface area contributed by atoms with Crippen LogP contribution in [0, 0.1) is 5.92 Å². The third-order valence-electron chi connectivity index (χ3n) is 2.62. The van der Waals surface area contributed by atoms with Crippen molar-refractivity contribution in [1.82, 2.24) is 0 Å². The number of rotatable bonds is 3. The Bertz CT molecular complexity index is 423. The van der Waals surface area contributed by atoms with Crippen molar-refractivity contribution in [3.63, 3.8) is 0 Å². The molecule has 0 amide bonds. The largest absolute Gasteiger partial charge is 0.0622 e. The first-order valence-electron chi connectivity index (χ1n) is 5.69. The maximum Gasteiger partial charge on any atom is -0.0184 e. The van der Waals surface area contributed by atoms with Gasteiger partial charge >= 0.3 is 0 Å². The summed E-state index contributed by atoms with van der Waals surface area (Å²) in [6.45, 7) is 4.34. The Morgan fingerprint density at radius 2 is 1.31 bits per heavy atom. The predicted octanol–water partition coefficient (Wildman–Crippen LogP) is 4.51. The van der Waals surface area contributed by atoms with Crippen LogP contribution in [0.4, 0.5) is 0 Å². The average molecular weight is 209 g/mol. The molecule has 16 heavy (non-hydrogen) atoms. The molecule has 0 atom stereocenters. The van der Waals surface area contributed by atoms with Crippen LogP contribution in [0.25, 0.3) is 11.1 Å². The van der Waals surface area contributed by atoms with Gasteiger partial charge in [-0.15, -0.1) is 0 Å². The molecule has 0 spiro atoms. The van der Waals surface area contributed by atoms with Crippen molar-refractivity contribution in [2.75, 3.05) is 0 Å². The summed E-state index contributed by atoms with van der Waals surface area (Å²) in [5.74, 6) is 1.45. The molecule has 0 heterocycles. The van der Waals surface area contributed by atoms with E-state index in [1.165, 1.54) is 22.6 Å². The molecule has 2 aromatic carbocycles. The first kappa shape index (κ1) is 10.9. The van der Waals surface area contributed by atoms with E-state index in [1.807, 2.05) is 6.07 Å². The van der Waals surface area contributed by atoms with E-state index < -0.39 is 0 Å². The van der Waals surface area contributed by atoms with Gasteiger partial charge in [-0.25, -0.2) is 0 Å². The second kappa shape index (κ2) is 4.98. The van der Waals surface area contributed by atoms with E-state index >= 15 is 0 Å². The van der Waals surface area contributed by atoms with E-state index in [0.29, 0.717) is 0 Å². The molecule has 81 valence electrons. The lowest BCUT2D eigenvalue weighted by molar-refractivity contribution is 0.957. The molecular weight excluding hydrogens is 192 g/mol. The zero-order chi connectivity index (χ0) is 11.4. The van der Waals surface area contributed by atoms with Gasteiger partial charge in [-0.2, -0.15) is 0 Å². The fourth-order valence-electron chi connectivity index (χ4n) is 1.85. The normalized spacial score (nSPS) is 10.7. The first-order chi connectivity index (χ1) is 7.75. The van der Waals surface area contributed by atoms with Gasteiger partial charge in [0, 0.05) is 0 Å². The molecule has 1 radical (unpaired) electrons. The van der Waals surface area contributed by atoms with E-state index in [1.54, 1.807) is 0 Å². The Kier molecular flexibility index (Phi) is 3.40. The third kappa shape index (κ3) is 2.73. The number of hydrogen-bond donors (Lipinski definition) is 0. The van der Waals surface area contributed by atoms with Crippen LogP contribution in [0.5, 0.6) is 0 Å². The van der Waals surface area contributed by atoms with Crippen LogP contribution >= 0.6 is 0 Å². The zero-order valence-electron chi connectivity index (χ0n) is 9.90. The fourth-order valence-corrected chi connectivity index (χ4v) is 1.85. The van der Waals surface area contributed by atoms with Crippen molar-refractivity contribution < 1.29 is 0 Å². The number of hydrogen-bond acceptors (Lipinski definition) is 0. The van der Waals surface area contributed by atoms with Crippen molar-refractivity contribution >= 4 is 0 Å². The van der Waals surface area contributed by atoms with Gasteiger partial charge in [0.1, 0.15) is 0 Å². The van der Waals surface area contributed by atoms with Crippen LogP contribution in [-0.2, 0) is 6.42 Å². The highest BCUT2D eigenvalue weighted by molar-refractivity contribution is 5.63. The topological polar surface area (TPSA) is 0 Å². The average Bonchev–Trinajstić information content (AvgIpc) is 2.30. The third-order valence-corrected chi connectivity index (χ3v) is 2.62. The standard InChI is InChI=1S/C16H17/c1-13(2)12-14-8-10-16(11-9-14)15-6-4-3-5-7-15/h3-11H,12H2,1-2H3. The van der Waals surface area contributed by atoms with Crippen LogP contribution in [0.3, 0.4) is 0 Å². The first-order valence-corrected chi connectivity index (χ1v) is 5.69. The van der Waals surface area contributed by atoms with E-state index in [2.05, 4.69) is 62.4 Å². The monoisotopic (exact) mass is 209 g/mol. The summed E-state index contributed by atoms with van der Waals surface area (Å²) < 4.78 is 0. The van der Waals surface area contributed by atoms with Gasteiger partial charge in [0.15, 0.2) is 0 Å². The highest BCUT2D eigenvalue weighted by Gasteiger charge is 1.99. The Morgan fingerprint density at radius 3 is 1.88 bits per heavy atom. The minimum Gasteiger partial charge on any atom is -0.0622 e. The Labute approximate surface area is 97.9 Å². The molecule has 0 heteroatoms. The predicted molar refractivity (Wildman–Crippen MR) is 70.2 cm³/mol. The molecule has 0 aliphatic heterocycles. The summed E-state index contributed by atoms with van der Waals surface area (Å²) in [5.41, 5.74) is 3.96. The Morgan fingerprint density at radius 1 is 0.750 bits per heavy atom. The molecule has 0 unspecified atom stereocenters. The molecule has 0 nitrogen and oxygen atoms in total. The van der Waals surface area contributed by atoms with Gasteiger partial charge < -0.3 is 0 Å². The summed E-state index contributed by atoms with van der Waals surface area (Å²) in [7, 11) is 0. The lowest BCUT2D eigenvalue weighted by Crippen LogP contribution is -1.91. The second-order valence-electron chi connectivity index (χ2n) is 4.45. The smallest absolute Gasteiger partial charge is 0.0184 e. The van der Waals surface area contributed by atoms with Gasteiger partial charge in [-0.3, -0.25) is 0 Å². The maximum atomic E-state index is 2.22. The van der Waals surface area contributed by atoms with E-state index in [0.717, 1.165) is 6.42 Å². The van der Waals surface area contributed by atoms with Crippen LogP contribution in [0.2, 0.25) is 0 Å². The highest BCUT2D eigenvalue weighted by Crippen LogP contribution is 2.20. The molecule has 0 saturated heterocycles. The van der Waals surface area contributed by atoms with E-state index in [-0.39, 0.29) is 0 Å². The minimum atomic E-state index is 1.08. The summed E-state index contributed by atoms with van der Waals surface area (Å²) in [5, 5.41) is 0. The zero-order valence-corrected chi connectivity index (χ0v) is 9.90. The summed E-state index contributed by atoms with van der Waals surface area (Å²) in [6, 6.07) is 19.3. The van der Waals surface area contributed by atoms with Gasteiger partial charge in [-0.05, 0) is 29.0 Å². The van der Waals surface area contributed by atoms with Crippen LogP contribution in [0.15, 0.2) is 54.6 Å². The SMILES string of the molecule is C[C](C)Cc1ccc(-c2ccccc2)cc1. The van der Waals surface area contributed by atoms with Crippen molar-refractivity contribution in [3.8, 4) is 11.1 Å². The summed E-state index contributed by atoms with van der Waals surface area (Å²) in [6.07, 6.45) is 1.08. The molecule has 0 aliphatic rings. The van der Waals surface area contributed by atoms with Crippen LogP contribution in [-0.4, -0.2) is 0 Å². The minimum absolute atomic E-state index is 1.08. The van der Waals surface area contributed by atoms with Crippen LogP contribution in [0.1, 0.15) is 19.4 Å². The molecular formula is C16H17. The van der Waals surface area contributed by atoms with E-state index in [4.69, 9.17) is 0 Å². The molecule has 2 rings (SSSR count). The second-order valence-corrected chi connectivity index (χ2v) is 4.45. The lowest BCUT2D eigenvalue weighted by atomic mass is 9.99. The molecule has 0 saturated carbocycles. The summed E-state index contributed by atoms with van der Waals surface area (Å²) >= 11 is 0. The van der Waals surface area contributed by atoms with Gasteiger partial charge in [-0.1, -0.05) is 68.4 Å². The highest BCUT2D eigenvalue weighted by atomic mass is 14.0. The van der Waals surface area contributed by atoms with Crippen LogP contribution < -0.4 is 0 Å².